The zero-order valence-corrected chi connectivity index (χ0v) is 11.3. The second-order valence-corrected chi connectivity index (χ2v) is 5.32. The van der Waals surface area contributed by atoms with Crippen molar-refractivity contribution in [3.63, 3.8) is 0 Å². The first-order valence-corrected chi connectivity index (χ1v) is 7.20. The molecule has 1 aromatic carbocycles. The van der Waals surface area contributed by atoms with E-state index >= 15 is 0 Å². The lowest BCUT2D eigenvalue weighted by Gasteiger charge is -2.03. The third kappa shape index (κ3) is 2.33. The molecule has 0 atom stereocenters. The van der Waals surface area contributed by atoms with Crippen molar-refractivity contribution < 1.29 is 0 Å². The van der Waals surface area contributed by atoms with Crippen LogP contribution in [0.15, 0.2) is 18.2 Å². The lowest BCUT2D eigenvalue weighted by molar-refractivity contribution is 0.694. The fourth-order valence-corrected chi connectivity index (χ4v) is 2.58. The topological polar surface area (TPSA) is 20.7 Å². The molecule has 86 valence electrons. The Morgan fingerprint density at radius 2 is 2.25 bits per heavy atom. The molecule has 4 heteroatoms. The van der Waals surface area contributed by atoms with Crippen LogP contribution in [-0.4, -0.2) is 21.6 Å². The zero-order chi connectivity index (χ0) is 11.5. The number of thioether (sulfide) groups is 1. The number of benzene rings is 1. The molecule has 2 nitrogen and oxygen atoms in total. The quantitative estimate of drug-likeness (QED) is 0.660. The van der Waals surface area contributed by atoms with Gasteiger partial charge < -0.3 is 9.55 Å². The van der Waals surface area contributed by atoms with Gasteiger partial charge in [0.25, 0.3) is 0 Å². The third-order valence-corrected chi connectivity index (χ3v) is 3.68. The van der Waals surface area contributed by atoms with Crippen molar-refractivity contribution in [1.29, 1.82) is 0 Å². The largest absolute Gasteiger partial charge is 0.331 e. The van der Waals surface area contributed by atoms with E-state index in [2.05, 4.69) is 40.9 Å². The van der Waals surface area contributed by atoms with Gasteiger partial charge >= 0.3 is 0 Å². The van der Waals surface area contributed by atoms with E-state index in [0.29, 0.717) is 0 Å². The van der Waals surface area contributed by atoms with Gasteiger partial charge in [0.2, 0.25) is 0 Å². The van der Waals surface area contributed by atoms with Gasteiger partial charge in [0.1, 0.15) is 0 Å². The van der Waals surface area contributed by atoms with Crippen molar-refractivity contribution in [3.05, 3.63) is 28.5 Å². The zero-order valence-electron chi connectivity index (χ0n) is 9.62. The van der Waals surface area contributed by atoms with Gasteiger partial charge in [-0.3, -0.25) is 0 Å². The first-order valence-electron chi connectivity index (χ1n) is 5.40. The molecule has 0 bridgehead atoms. The molecule has 1 heterocycles. The van der Waals surface area contributed by atoms with Crippen molar-refractivity contribution in [2.75, 3.05) is 12.0 Å². The van der Waals surface area contributed by atoms with Crippen LogP contribution in [0.2, 0.25) is 0 Å². The Kier molecular flexibility index (Phi) is 3.71. The SMILES string of the molecule is CSCCCn1c(=S)[nH]c2cc(C)ccc21. The summed E-state index contributed by atoms with van der Waals surface area (Å²) in [5, 5.41) is 0. The van der Waals surface area contributed by atoms with E-state index in [1.165, 1.54) is 16.8 Å². The number of aryl methyl sites for hydroxylation is 2. The van der Waals surface area contributed by atoms with Gasteiger partial charge in [0.15, 0.2) is 4.77 Å². The summed E-state index contributed by atoms with van der Waals surface area (Å²) in [6, 6.07) is 6.43. The van der Waals surface area contributed by atoms with E-state index in [1.807, 2.05) is 11.8 Å². The van der Waals surface area contributed by atoms with Crippen LogP contribution in [0.1, 0.15) is 12.0 Å². The summed E-state index contributed by atoms with van der Waals surface area (Å²) in [5.41, 5.74) is 3.63. The van der Waals surface area contributed by atoms with Crippen LogP contribution in [0.4, 0.5) is 0 Å². The molecule has 0 aliphatic heterocycles. The maximum Gasteiger partial charge on any atom is 0.178 e. The van der Waals surface area contributed by atoms with Crippen LogP contribution >= 0.6 is 24.0 Å². The Bertz CT molecular complexity index is 539. The maximum absolute atomic E-state index is 5.35. The fraction of sp³-hybridized carbons (Fsp3) is 0.417. The van der Waals surface area contributed by atoms with Crippen molar-refractivity contribution >= 4 is 35.0 Å². The number of hydrogen-bond donors (Lipinski definition) is 1. The molecule has 0 saturated heterocycles. The molecular weight excluding hydrogens is 236 g/mol. The van der Waals surface area contributed by atoms with E-state index in [-0.39, 0.29) is 0 Å². The number of fused-ring (bicyclic) bond motifs is 1. The standard InChI is InChI=1S/C12H16N2S2/c1-9-4-5-11-10(8-9)13-12(15)14(11)6-3-7-16-2/h4-5,8H,3,6-7H2,1-2H3,(H,13,15). The van der Waals surface area contributed by atoms with Crippen molar-refractivity contribution in [3.8, 4) is 0 Å². The van der Waals surface area contributed by atoms with Crippen LogP contribution in [0, 0.1) is 11.7 Å². The van der Waals surface area contributed by atoms with Gasteiger partial charge in [0, 0.05) is 6.54 Å². The van der Waals surface area contributed by atoms with Gasteiger partial charge in [-0.2, -0.15) is 11.8 Å². The van der Waals surface area contributed by atoms with E-state index in [4.69, 9.17) is 12.2 Å². The highest BCUT2D eigenvalue weighted by Gasteiger charge is 2.03. The minimum absolute atomic E-state index is 0.835. The summed E-state index contributed by atoms with van der Waals surface area (Å²) < 4.78 is 3.03. The third-order valence-electron chi connectivity index (χ3n) is 2.66. The number of H-pyrrole nitrogens is 1. The van der Waals surface area contributed by atoms with Crippen molar-refractivity contribution in [2.45, 2.75) is 19.9 Å². The van der Waals surface area contributed by atoms with Crippen LogP contribution in [0.5, 0.6) is 0 Å². The van der Waals surface area contributed by atoms with Gasteiger partial charge in [0.05, 0.1) is 11.0 Å². The highest BCUT2D eigenvalue weighted by Crippen LogP contribution is 2.16. The molecule has 2 rings (SSSR count). The smallest absolute Gasteiger partial charge is 0.178 e. The molecule has 0 unspecified atom stereocenters. The number of aromatic amines is 1. The van der Waals surface area contributed by atoms with Crippen molar-refractivity contribution in [2.24, 2.45) is 0 Å². The molecule has 0 aliphatic rings. The average Bonchev–Trinajstić information content (AvgIpc) is 2.55. The molecular formula is C12H16N2S2. The lowest BCUT2D eigenvalue weighted by Crippen LogP contribution is -1.98. The second-order valence-electron chi connectivity index (χ2n) is 3.95. The molecule has 2 aromatic rings. The summed E-state index contributed by atoms with van der Waals surface area (Å²) in [4.78, 5) is 3.27. The Morgan fingerprint density at radius 3 is 3.00 bits per heavy atom. The average molecular weight is 252 g/mol. The first-order chi connectivity index (χ1) is 7.72. The molecule has 0 spiro atoms. The number of nitrogens with one attached hydrogen (secondary N) is 1. The Labute approximate surface area is 105 Å². The normalized spacial score (nSPS) is 11.1. The van der Waals surface area contributed by atoms with Gasteiger partial charge in [-0.05, 0) is 55.3 Å². The highest BCUT2D eigenvalue weighted by molar-refractivity contribution is 7.98. The molecule has 0 amide bonds. The summed E-state index contributed by atoms with van der Waals surface area (Å²) >= 11 is 7.23. The number of rotatable bonds is 4. The minimum atomic E-state index is 0.835. The molecule has 0 aliphatic carbocycles. The van der Waals surface area contributed by atoms with E-state index in [0.717, 1.165) is 23.3 Å². The van der Waals surface area contributed by atoms with Crippen LogP contribution < -0.4 is 0 Å². The summed E-state index contributed by atoms with van der Waals surface area (Å²) in [7, 11) is 0. The lowest BCUT2D eigenvalue weighted by atomic mass is 10.2. The maximum atomic E-state index is 5.35. The molecule has 0 saturated carbocycles. The Morgan fingerprint density at radius 1 is 1.44 bits per heavy atom. The van der Waals surface area contributed by atoms with Gasteiger partial charge in [-0.15, -0.1) is 0 Å². The van der Waals surface area contributed by atoms with E-state index < -0.39 is 0 Å². The molecule has 0 radical (unpaired) electrons. The van der Waals surface area contributed by atoms with Gasteiger partial charge in [-0.25, -0.2) is 0 Å². The van der Waals surface area contributed by atoms with Crippen LogP contribution in [0.25, 0.3) is 11.0 Å². The van der Waals surface area contributed by atoms with Gasteiger partial charge in [-0.1, -0.05) is 6.07 Å². The van der Waals surface area contributed by atoms with E-state index in [9.17, 15) is 0 Å². The minimum Gasteiger partial charge on any atom is -0.331 e. The number of imidazole rings is 1. The number of hydrogen-bond acceptors (Lipinski definition) is 2. The predicted molar refractivity (Wildman–Crippen MR) is 74.9 cm³/mol. The molecule has 1 aromatic heterocycles. The second kappa shape index (κ2) is 5.06. The predicted octanol–water partition coefficient (Wildman–Crippen LogP) is 3.76. The van der Waals surface area contributed by atoms with Crippen LogP contribution in [0.3, 0.4) is 0 Å². The summed E-state index contributed by atoms with van der Waals surface area (Å²) in [6.07, 6.45) is 3.30. The van der Waals surface area contributed by atoms with Crippen molar-refractivity contribution in [1.82, 2.24) is 9.55 Å². The molecule has 16 heavy (non-hydrogen) atoms. The summed E-state index contributed by atoms with van der Waals surface area (Å²) in [6.45, 7) is 3.10. The highest BCUT2D eigenvalue weighted by atomic mass is 32.2. The Hall–Kier alpha value is -0.740. The fourth-order valence-electron chi connectivity index (χ4n) is 1.87. The monoisotopic (exact) mass is 252 g/mol. The number of nitrogens with zero attached hydrogens (tertiary/aromatic N) is 1. The Balaban J connectivity index is 2.36. The molecule has 1 N–H and O–H groups in total. The number of aromatic nitrogens is 2. The van der Waals surface area contributed by atoms with Crippen LogP contribution in [-0.2, 0) is 6.54 Å². The molecule has 0 fully saturated rings. The van der Waals surface area contributed by atoms with E-state index in [1.54, 1.807) is 0 Å². The summed E-state index contributed by atoms with van der Waals surface area (Å²) in [5.74, 6) is 1.18. The first kappa shape index (κ1) is 11.7.